The highest BCUT2D eigenvalue weighted by atomic mass is 16.5. The van der Waals surface area contributed by atoms with Gasteiger partial charge in [0.15, 0.2) is 0 Å². The Labute approximate surface area is 112 Å². The molecule has 104 valence electrons. The number of rotatable bonds is 4. The zero-order valence-corrected chi connectivity index (χ0v) is 11.0. The molecule has 1 aromatic rings. The second kappa shape index (κ2) is 6.43. The lowest BCUT2D eigenvalue weighted by Gasteiger charge is -2.22. The molecule has 1 aliphatic rings. The summed E-state index contributed by atoms with van der Waals surface area (Å²) in [5.74, 6) is 0.564. The molecular formula is C14H19NO4. The number of phenols is 1. The lowest BCUT2D eigenvalue weighted by atomic mass is 10.0. The molecule has 1 fully saturated rings. The Morgan fingerprint density at radius 1 is 1.58 bits per heavy atom. The number of carbonyl (C=O) groups is 1. The van der Waals surface area contributed by atoms with Crippen molar-refractivity contribution in [3.63, 3.8) is 0 Å². The van der Waals surface area contributed by atoms with Crippen LogP contribution in [0.4, 0.5) is 0 Å². The van der Waals surface area contributed by atoms with Gasteiger partial charge in [0.25, 0.3) is 5.91 Å². The smallest absolute Gasteiger partial charge is 0.255 e. The van der Waals surface area contributed by atoms with E-state index in [1.54, 1.807) is 6.07 Å². The highest BCUT2D eigenvalue weighted by Gasteiger charge is 2.17. The van der Waals surface area contributed by atoms with Crippen LogP contribution in [0.5, 0.6) is 11.5 Å². The minimum absolute atomic E-state index is 0.0433. The molecule has 5 heteroatoms. The Morgan fingerprint density at radius 2 is 2.42 bits per heavy atom. The van der Waals surface area contributed by atoms with E-state index in [4.69, 9.17) is 9.47 Å². The minimum Gasteiger partial charge on any atom is -0.507 e. The van der Waals surface area contributed by atoms with Gasteiger partial charge in [-0.3, -0.25) is 4.79 Å². The summed E-state index contributed by atoms with van der Waals surface area (Å²) in [6, 6.07) is 4.60. The first-order valence-electron chi connectivity index (χ1n) is 6.43. The SMILES string of the molecule is COc1ccc(O)c(C(=O)NCC2CCCOC2)c1. The van der Waals surface area contributed by atoms with Crippen molar-refractivity contribution >= 4 is 5.91 Å². The molecule has 2 N–H and O–H groups in total. The van der Waals surface area contributed by atoms with Gasteiger partial charge in [0, 0.05) is 13.2 Å². The Balaban J connectivity index is 1.95. The summed E-state index contributed by atoms with van der Waals surface area (Å²) in [7, 11) is 1.52. The van der Waals surface area contributed by atoms with Crippen LogP contribution in [0.2, 0.25) is 0 Å². The van der Waals surface area contributed by atoms with Crippen molar-refractivity contribution in [3.05, 3.63) is 23.8 Å². The van der Waals surface area contributed by atoms with E-state index in [9.17, 15) is 9.90 Å². The monoisotopic (exact) mass is 265 g/mol. The first-order chi connectivity index (χ1) is 9.20. The Hall–Kier alpha value is -1.75. The van der Waals surface area contributed by atoms with E-state index in [0.717, 1.165) is 19.4 Å². The van der Waals surface area contributed by atoms with Gasteiger partial charge in [-0.05, 0) is 37.0 Å². The molecule has 1 unspecified atom stereocenters. The number of nitrogens with one attached hydrogen (secondary N) is 1. The van der Waals surface area contributed by atoms with Crippen LogP contribution in [0.25, 0.3) is 0 Å². The number of amides is 1. The highest BCUT2D eigenvalue weighted by molar-refractivity contribution is 5.97. The fourth-order valence-corrected chi connectivity index (χ4v) is 2.12. The fraction of sp³-hybridized carbons (Fsp3) is 0.500. The Morgan fingerprint density at radius 3 is 3.11 bits per heavy atom. The van der Waals surface area contributed by atoms with Gasteiger partial charge in [-0.1, -0.05) is 0 Å². The Kier molecular flexibility index (Phi) is 4.63. The fourth-order valence-electron chi connectivity index (χ4n) is 2.12. The topological polar surface area (TPSA) is 67.8 Å². The molecule has 1 atom stereocenters. The summed E-state index contributed by atoms with van der Waals surface area (Å²) in [6.07, 6.45) is 2.09. The number of benzene rings is 1. The van der Waals surface area contributed by atoms with Crippen molar-refractivity contribution < 1.29 is 19.4 Å². The predicted molar refractivity (Wildman–Crippen MR) is 70.5 cm³/mol. The van der Waals surface area contributed by atoms with Crippen molar-refractivity contribution in [1.29, 1.82) is 0 Å². The molecule has 1 amide bonds. The third-order valence-electron chi connectivity index (χ3n) is 3.25. The molecule has 2 rings (SSSR count). The zero-order chi connectivity index (χ0) is 13.7. The number of aromatic hydroxyl groups is 1. The van der Waals surface area contributed by atoms with E-state index in [1.807, 2.05) is 0 Å². The van der Waals surface area contributed by atoms with E-state index in [0.29, 0.717) is 24.8 Å². The van der Waals surface area contributed by atoms with Crippen molar-refractivity contribution in [3.8, 4) is 11.5 Å². The predicted octanol–water partition coefficient (Wildman–Crippen LogP) is 1.56. The molecule has 0 saturated carbocycles. The normalized spacial score (nSPS) is 18.9. The number of carbonyl (C=O) groups excluding carboxylic acids is 1. The second-order valence-corrected chi connectivity index (χ2v) is 4.68. The molecule has 0 aliphatic carbocycles. The van der Waals surface area contributed by atoms with Gasteiger partial charge in [-0.25, -0.2) is 0 Å². The van der Waals surface area contributed by atoms with E-state index in [1.165, 1.54) is 19.2 Å². The number of phenolic OH excluding ortho intramolecular Hbond substituents is 1. The third kappa shape index (κ3) is 3.61. The van der Waals surface area contributed by atoms with E-state index in [2.05, 4.69) is 5.32 Å². The van der Waals surface area contributed by atoms with Crippen LogP contribution in [0.1, 0.15) is 23.2 Å². The largest absolute Gasteiger partial charge is 0.507 e. The quantitative estimate of drug-likeness (QED) is 0.867. The summed E-state index contributed by atoms with van der Waals surface area (Å²) in [5.41, 5.74) is 0.232. The van der Waals surface area contributed by atoms with E-state index < -0.39 is 0 Å². The molecule has 1 heterocycles. The van der Waals surface area contributed by atoms with Gasteiger partial charge in [0.1, 0.15) is 11.5 Å². The molecule has 1 aliphatic heterocycles. The van der Waals surface area contributed by atoms with E-state index >= 15 is 0 Å². The van der Waals surface area contributed by atoms with Crippen LogP contribution in [0, 0.1) is 5.92 Å². The second-order valence-electron chi connectivity index (χ2n) is 4.68. The standard InChI is InChI=1S/C14H19NO4/c1-18-11-4-5-13(16)12(7-11)14(17)15-8-10-3-2-6-19-9-10/h4-5,7,10,16H,2-3,6,8-9H2,1H3,(H,15,17). The molecule has 5 nitrogen and oxygen atoms in total. The maximum Gasteiger partial charge on any atom is 0.255 e. The molecule has 0 spiro atoms. The first kappa shape index (κ1) is 13.7. The van der Waals surface area contributed by atoms with Crippen LogP contribution >= 0.6 is 0 Å². The highest BCUT2D eigenvalue weighted by Crippen LogP contribution is 2.22. The lowest BCUT2D eigenvalue weighted by Crippen LogP contribution is -2.33. The molecule has 19 heavy (non-hydrogen) atoms. The average Bonchev–Trinajstić information content (AvgIpc) is 2.46. The van der Waals surface area contributed by atoms with Gasteiger partial charge in [0.2, 0.25) is 0 Å². The number of methoxy groups -OCH3 is 1. The summed E-state index contributed by atoms with van der Waals surface area (Å²) in [4.78, 5) is 12.0. The van der Waals surface area contributed by atoms with Gasteiger partial charge < -0.3 is 19.9 Å². The van der Waals surface area contributed by atoms with Crippen molar-refractivity contribution in [2.24, 2.45) is 5.92 Å². The van der Waals surface area contributed by atoms with E-state index in [-0.39, 0.29) is 17.2 Å². The van der Waals surface area contributed by atoms with Crippen LogP contribution in [0.3, 0.4) is 0 Å². The number of ether oxygens (including phenoxy) is 2. The van der Waals surface area contributed by atoms with Crippen LogP contribution in [-0.2, 0) is 4.74 Å². The minimum atomic E-state index is -0.290. The lowest BCUT2D eigenvalue weighted by molar-refractivity contribution is 0.0536. The molecular weight excluding hydrogens is 246 g/mol. The zero-order valence-electron chi connectivity index (χ0n) is 11.0. The summed E-state index contributed by atoms with van der Waals surface area (Å²) in [6.45, 7) is 2.06. The number of hydrogen-bond donors (Lipinski definition) is 2. The summed E-state index contributed by atoms with van der Waals surface area (Å²) >= 11 is 0. The third-order valence-corrected chi connectivity index (χ3v) is 3.25. The van der Waals surface area contributed by atoms with Crippen molar-refractivity contribution in [2.75, 3.05) is 26.9 Å². The van der Waals surface area contributed by atoms with Crippen LogP contribution in [0.15, 0.2) is 18.2 Å². The van der Waals surface area contributed by atoms with Gasteiger partial charge in [0.05, 0.1) is 19.3 Å². The summed E-state index contributed by atoms with van der Waals surface area (Å²) in [5, 5.41) is 12.5. The maximum atomic E-state index is 12.0. The molecule has 1 aromatic carbocycles. The molecule has 0 radical (unpaired) electrons. The van der Waals surface area contributed by atoms with Crippen LogP contribution in [-0.4, -0.2) is 37.9 Å². The molecule has 0 aromatic heterocycles. The molecule has 1 saturated heterocycles. The van der Waals surface area contributed by atoms with Crippen molar-refractivity contribution in [2.45, 2.75) is 12.8 Å². The van der Waals surface area contributed by atoms with Gasteiger partial charge in [-0.15, -0.1) is 0 Å². The van der Waals surface area contributed by atoms with Crippen LogP contribution < -0.4 is 10.1 Å². The molecule has 0 bridgehead atoms. The van der Waals surface area contributed by atoms with Gasteiger partial charge in [-0.2, -0.15) is 0 Å². The first-order valence-corrected chi connectivity index (χ1v) is 6.43. The average molecular weight is 265 g/mol. The summed E-state index contributed by atoms with van der Waals surface area (Å²) < 4.78 is 10.4. The number of hydrogen-bond acceptors (Lipinski definition) is 4. The maximum absolute atomic E-state index is 12.0. The Bertz CT molecular complexity index is 441. The van der Waals surface area contributed by atoms with Crippen molar-refractivity contribution in [1.82, 2.24) is 5.32 Å². The van der Waals surface area contributed by atoms with Gasteiger partial charge >= 0.3 is 0 Å².